The number of hydrogen-bond donors (Lipinski definition) is 2. The van der Waals surface area contributed by atoms with Gasteiger partial charge in [0.2, 0.25) is 5.95 Å². The van der Waals surface area contributed by atoms with E-state index in [9.17, 15) is 0 Å². The highest BCUT2D eigenvalue weighted by molar-refractivity contribution is 6.10. The molecule has 2 aliphatic carbocycles. The fourth-order valence-electron chi connectivity index (χ4n) is 4.42. The van der Waals surface area contributed by atoms with Crippen molar-refractivity contribution in [2.75, 3.05) is 12.4 Å². The lowest BCUT2D eigenvalue weighted by atomic mass is 9.91. The molecule has 5 heteroatoms. The van der Waals surface area contributed by atoms with Gasteiger partial charge in [0.1, 0.15) is 0 Å². The standard InChI is InChI=1S/C20H31N5.C7H14.2C2H6/c1-6-15(4)23-16-7-9-17(10-8-16)24-20-22-12-11-19(25-20)18(13-21-5)14(2)3;1-7-5-3-2-4-6-7;2*1-2/h11-13,16-17,23H,4,6-10H2,1-3,5H3,(H,22,24,25);7H,2-6H2,1H3;2*1-2H3. The van der Waals surface area contributed by atoms with Crippen LogP contribution in [0.25, 0.3) is 5.57 Å². The molecule has 0 unspecified atom stereocenters. The van der Waals surface area contributed by atoms with E-state index in [1.165, 1.54) is 37.7 Å². The quantitative estimate of drug-likeness (QED) is 0.368. The first-order valence-corrected chi connectivity index (χ1v) is 14.6. The van der Waals surface area contributed by atoms with Gasteiger partial charge in [0.25, 0.3) is 0 Å². The Kier molecular flexibility index (Phi) is 19.7. The molecule has 0 aromatic carbocycles. The monoisotopic (exact) mass is 499 g/mol. The molecule has 0 amide bonds. The van der Waals surface area contributed by atoms with Gasteiger partial charge in [-0.25, -0.2) is 9.97 Å². The zero-order chi connectivity index (χ0) is 27.3. The van der Waals surface area contributed by atoms with E-state index in [4.69, 9.17) is 0 Å². The number of anilines is 1. The molecule has 2 saturated carbocycles. The third-order valence-corrected chi connectivity index (χ3v) is 6.52. The number of aliphatic imine (C=N–C) groups is 1. The lowest BCUT2D eigenvalue weighted by Crippen LogP contribution is -2.36. The van der Waals surface area contributed by atoms with Gasteiger partial charge in [-0.2, -0.15) is 0 Å². The normalized spacial score (nSPS) is 19.4. The van der Waals surface area contributed by atoms with Crippen molar-refractivity contribution in [1.82, 2.24) is 15.3 Å². The molecule has 2 aliphatic rings. The highest BCUT2D eigenvalue weighted by Crippen LogP contribution is 2.23. The van der Waals surface area contributed by atoms with Crippen LogP contribution in [0, 0.1) is 5.92 Å². The number of allylic oxidation sites excluding steroid dienone is 3. The third kappa shape index (κ3) is 13.8. The predicted octanol–water partition coefficient (Wildman–Crippen LogP) is 8.85. The molecule has 1 heterocycles. The second kappa shape index (κ2) is 21.0. The third-order valence-electron chi connectivity index (χ3n) is 6.52. The van der Waals surface area contributed by atoms with Crippen LogP contribution in [-0.4, -0.2) is 35.3 Å². The van der Waals surface area contributed by atoms with Gasteiger partial charge >= 0.3 is 0 Å². The van der Waals surface area contributed by atoms with Gasteiger partial charge < -0.3 is 10.6 Å². The molecule has 1 aromatic rings. The van der Waals surface area contributed by atoms with Gasteiger partial charge in [-0.1, -0.05) is 85.8 Å². The summed E-state index contributed by atoms with van der Waals surface area (Å²) in [4.78, 5) is 13.2. The van der Waals surface area contributed by atoms with Crippen molar-refractivity contribution >= 4 is 17.7 Å². The summed E-state index contributed by atoms with van der Waals surface area (Å²) >= 11 is 0. The first-order valence-electron chi connectivity index (χ1n) is 14.6. The molecular weight excluding hydrogens is 442 g/mol. The minimum atomic E-state index is 0.429. The van der Waals surface area contributed by atoms with Crippen LogP contribution in [0.5, 0.6) is 0 Å². The van der Waals surface area contributed by atoms with Crippen molar-refractivity contribution in [1.29, 1.82) is 0 Å². The van der Waals surface area contributed by atoms with Gasteiger partial charge in [0.05, 0.1) is 5.69 Å². The Balaban J connectivity index is 0.000000932. The molecule has 3 rings (SSSR count). The minimum Gasteiger partial charge on any atom is -0.386 e. The molecule has 206 valence electrons. The Morgan fingerprint density at radius 2 is 1.58 bits per heavy atom. The van der Waals surface area contributed by atoms with Crippen LogP contribution in [0.3, 0.4) is 0 Å². The van der Waals surface area contributed by atoms with E-state index in [1.807, 2.05) is 46.2 Å². The summed E-state index contributed by atoms with van der Waals surface area (Å²) < 4.78 is 0. The zero-order valence-electron chi connectivity index (χ0n) is 25.1. The van der Waals surface area contributed by atoms with E-state index in [1.54, 1.807) is 7.05 Å². The Morgan fingerprint density at radius 1 is 1.00 bits per heavy atom. The summed E-state index contributed by atoms with van der Waals surface area (Å²) in [5, 5.41) is 7.03. The van der Waals surface area contributed by atoms with Crippen LogP contribution < -0.4 is 10.6 Å². The highest BCUT2D eigenvalue weighted by atomic mass is 15.1. The fraction of sp³-hybridized carbons (Fsp3) is 0.710. The van der Waals surface area contributed by atoms with E-state index in [2.05, 4.69) is 59.9 Å². The Bertz CT molecular complexity index is 750. The molecule has 0 saturated heterocycles. The van der Waals surface area contributed by atoms with Gasteiger partial charge in [-0.15, -0.1) is 0 Å². The molecule has 0 spiro atoms. The van der Waals surface area contributed by atoms with Crippen LogP contribution >= 0.6 is 0 Å². The maximum atomic E-state index is 4.69. The van der Waals surface area contributed by atoms with Gasteiger partial charge in [-0.05, 0) is 57.9 Å². The topological polar surface area (TPSA) is 62.2 Å². The van der Waals surface area contributed by atoms with E-state index >= 15 is 0 Å². The van der Waals surface area contributed by atoms with Crippen molar-refractivity contribution < 1.29 is 0 Å². The van der Waals surface area contributed by atoms with E-state index in [0.717, 1.165) is 55.0 Å². The number of nitrogens with one attached hydrogen (secondary N) is 2. The number of aromatic nitrogens is 2. The van der Waals surface area contributed by atoms with Gasteiger partial charge in [0.15, 0.2) is 0 Å². The van der Waals surface area contributed by atoms with Crippen LogP contribution in [0.1, 0.15) is 125 Å². The summed E-state index contributed by atoms with van der Waals surface area (Å²) in [6.45, 7) is 20.7. The van der Waals surface area contributed by atoms with Crippen LogP contribution in [0.15, 0.2) is 35.1 Å². The maximum Gasteiger partial charge on any atom is 0.223 e. The molecule has 2 fully saturated rings. The molecule has 0 aliphatic heterocycles. The molecular formula is C31H57N5. The summed E-state index contributed by atoms with van der Waals surface area (Å²) in [6, 6.07) is 2.92. The molecule has 0 bridgehead atoms. The van der Waals surface area contributed by atoms with Gasteiger partial charge in [0, 0.05) is 42.8 Å². The van der Waals surface area contributed by atoms with Gasteiger partial charge in [-0.3, -0.25) is 4.99 Å². The SMILES string of the molecule is C=C(CC)NC1CCC(Nc2nccc(C(C=NC)=C(C)C)n2)CC1.CC.CC.CC1CCCCC1. The Labute approximate surface area is 223 Å². The van der Waals surface area contributed by atoms with E-state index in [0.29, 0.717) is 18.0 Å². The van der Waals surface area contributed by atoms with E-state index in [-0.39, 0.29) is 0 Å². The average Bonchev–Trinajstić information content (AvgIpc) is 2.91. The minimum absolute atomic E-state index is 0.429. The molecule has 36 heavy (non-hydrogen) atoms. The van der Waals surface area contributed by atoms with Crippen LogP contribution in [-0.2, 0) is 0 Å². The Hall–Kier alpha value is -2.17. The molecule has 5 nitrogen and oxygen atoms in total. The fourth-order valence-corrected chi connectivity index (χ4v) is 4.42. The van der Waals surface area contributed by atoms with Crippen molar-refractivity contribution in [3.05, 3.63) is 35.8 Å². The second-order valence-electron chi connectivity index (χ2n) is 9.60. The molecule has 0 radical (unpaired) electrons. The van der Waals surface area contributed by atoms with Crippen molar-refractivity contribution in [2.45, 2.75) is 132 Å². The first kappa shape index (κ1) is 33.8. The first-order chi connectivity index (χ1) is 17.4. The summed E-state index contributed by atoms with van der Waals surface area (Å²) in [5.74, 6) is 1.74. The highest BCUT2D eigenvalue weighted by Gasteiger charge is 2.21. The van der Waals surface area contributed by atoms with E-state index < -0.39 is 0 Å². The maximum absolute atomic E-state index is 4.69. The second-order valence-corrected chi connectivity index (χ2v) is 9.60. The van der Waals surface area contributed by atoms with Crippen molar-refractivity contribution in [3.8, 4) is 0 Å². The number of rotatable bonds is 7. The van der Waals surface area contributed by atoms with Crippen LogP contribution in [0.4, 0.5) is 5.95 Å². The molecule has 0 atom stereocenters. The lowest BCUT2D eigenvalue weighted by Gasteiger charge is -2.30. The summed E-state index contributed by atoms with van der Waals surface area (Å²) in [7, 11) is 1.78. The van der Waals surface area contributed by atoms with Crippen molar-refractivity contribution in [2.24, 2.45) is 10.9 Å². The number of nitrogens with zero attached hydrogens (tertiary/aromatic N) is 3. The molecule has 2 N–H and O–H groups in total. The summed E-state index contributed by atoms with van der Waals surface area (Å²) in [5.41, 5.74) is 4.30. The number of hydrogen-bond acceptors (Lipinski definition) is 5. The van der Waals surface area contributed by atoms with Crippen LogP contribution in [0.2, 0.25) is 0 Å². The average molecular weight is 500 g/mol. The zero-order valence-corrected chi connectivity index (χ0v) is 25.1. The predicted molar refractivity (Wildman–Crippen MR) is 162 cm³/mol. The molecule has 1 aromatic heterocycles. The smallest absolute Gasteiger partial charge is 0.223 e. The largest absolute Gasteiger partial charge is 0.386 e. The summed E-state index contributed by atoms with van der Waals surface area (Å²) in [6.07, 6.45) is 16.6. The van der Waals surface area contributed by atoms with Crippen molar-refractivity contribution in [3.63, 3.8) is 0 Å². The lowest BCUT2D eigenvalue weighted by molar-refractivity contribution is 0.370. The Morgan fingerprint density at radius 3 is 2.06 bits per heavy atom.